The molecule has 0 saturated heterocycles. The average Bonchev–Trinajstić information content (AvgIpc) is 2.27. The number of amides is 1. The average molecular weight is 269 g/mol. The van der Waals surface area contributed by atoms with Gasteiger partial charge in [0.05, 0.1) is 6.04 Å². The van der Waals surface area contributed by atoms with E-state index >= 15 is 0 Å². The van der Waals surface area contributed by atoms with Crippen LogP contribution in [0, 0.1) is 0 Å². The highest BCUT2D eigenvalue weighted by Crippen LogP contribution is 2.20. The molecule has 0 bridgehead atoms. The molecule has 0 saturated carbocycles. The molecule has 0 heterocycles. The molecule has 1 atom stereocenters. The lowest BCUT2D eigenvalue weighted by Crippen LogP contribution is -2.24. The van der Waals surface area contributed by atoms with Crippen LogP contribution in [0.1, 0.15) is 32.4 Å². The highest BCUT2D eigenvalue weighted by atomic mass is 19.3. The highest BCUT2D eigenvalue weighted by molar-refractivity contribution is 5.88. The highest BCUT2D eigenvalue weighted by Gasteiger charge is 2.10. The van der Waals surface area contributed by atoms with Gasteiger partial charge in [-0.05, 0) is 38.5 Å². The Balaban J connectivity index is 2.74. The van der Waals surface area contributed by atoms with Gasteiger partial charge in [-0.25, -0.2) is 0 Å². The molecule has 0 aliphatic rings. The van der Waals surface area contributed by atoms with Crippen LogP contribution in [-0.2, 0) is 4.79 Å². The van der Waals surface area contributed by atoms with Gasteiger partial charge in [0.2, 0.25) is 5.91 Å². The molecule has 0 unspecified atom stereocenters. The van der Waals surface area contributed by atoms with E-state index in [1.807, 2.05) is 13.8 Å². The van der Waals surface area contributed by atoms with Crippen molar-refractivity contribution in [3.63, 3.8) is 0 Å². The Bertz CT molecular complexity index is 468. The summed E-state index contributed by atoms with van der Waals surface area (Å²) >= 11 is 0. The Morgan fingerprint density at radius 2 is 2.05 bits per heavy atom. The van der Waals surface area contributed by atoms with E-state index in [9.17, 15) is 13.6 Å². The quantitative estimate of drug-likeness (QED) is 0.832. The second-order valence-electron chi connectivity index (χ2n) is 4.40. The van der Waals surface area contributed by atoms with Crippen LogP contribution in [0.15, 0.2) is 35.9 Å². The minimum Gasteiger partial charge on any atom is -0.435 e. The molecule has 0 aliphatic carbocycles. The molecule has 1 rings (SSSR count). The lowest BCUT2D eigenvalue weighted by molar-refractivity contribution is -0.117. The van der Waals surface area contributed by atoms with E-state index in [1.54, 1.807) is 19.1 Å². The van der Waals surface area contributed by atoms with Crippen molar-refractivity contribution in [3.05, 3.63) is 41.5 Å². The van der Waals surface area contributed by atoms with E-state index < -0.39 is 6.61 Å². The first-order chi connectivity index (χ1) is 8.88. The third kappa shape index (κ3) is 5.50. The van der Waals surface area contributed by atoms with Gasteiger partial charge < -0.3 is 10.1 Å². The molecule has 0 fully saturated rings. The zero-order chi connectivity index (χ0) is 14.4. The first-order valence-electron chi connectivity index (χ1n) is 5.88. The van der Waals surface area contributed by atoms with Crippen molar-refractivity contribution < 1.29 is 18.3 Å². The molecule has 19 heavy (non-hydrogen) atoms. The van der Waals surface area contributed by atoms with Gasteiger partial charge >= 0.3 is 6.61 Å². The maximum Gasteiger partial charge on any atom is 0.387 e. The van der Waals surface area contributed by atoms with E-state index in [0.29, 0.717) is 5.56 Å². The van der Waals surface area contributed by atoms with Crippen molar-refractivity contribution in [2.75, 3.05) is 0 Å². The summed E-state index contributed by atoms with van der Waals surface area (Å²) in [5.74, 6) is -0.136. The second-order valence-corrected chi connectivity index (χ2v) is 4.40. The van der Waals surface area contributed by atoms with Crippen molar-refractivity contribution in [1.82, 2.24) is 5.32 Å². The number of benzene rings is 1. The van der Waals surface area contributed by atoms with Crippen LogP contribution in [0.2, 0.25) is 0 Å². The summed E-state index contributed by atoms with van der Waals surface area (Å²) in [4.78, 5) is 11.6. The normalized spacial score (nSPS) is 11.9. The van der Waals surface area contributed by atoms with Crippen LogP contribution >= 0.6 is 0 Å². The first kappa shape index (κ1) is 15.1. The number of alkyl halides is 2. The number of carbonyl (C=O) groups is 1. The number of allylic oxidation sites excluding steroid dienone is 1. The summed E-state index contributed by atoms with van der Waals surface area (Å²) in [6.07, 6.45) is 1.48. The molecular weight excluding hydrogens is 252 g/mol. The van der Waals surface area contributed by atoms with Gasteiger partial charge in [0, 0.05) is 6.08 Å². The minimum absolute atomic E-state index is 0.0795. The molecule has 0 spiro atoms. The van der Waals surface area contributed by atoms with Crippen LogP contribution in [0.4, 0.5) is 8.78 Å². The summed E-state index contributed by atoms with van der Waals surface area (Å²) in [5.41, 5.74) is 1.59. The van der Waals surface area contributed by atoms with Gasteiger partial charge in [-0.2, -0.15) is 8.78 Å². The van der Waals surface area contributed by atoms with Crippen molar-refractivity contribution in [2.45, 2.75) is 33.4 Å². The number of hydrogen-bond donors (Lipinski definition) is 1. The summed E-state index contributed by atoms with van der Waals surface area (Å²) in [7, 11) is 0. The van der Waals surface area contributed by atoms with E-state index in [2.05, 4.69) is 10.1 Å². The predicted octanol–water partition coefficient (Wildman–Crippen LogP) is 3.43. The van der Waals surface area contributed by atoms with Gasteiger partial charge in [0.25, 0.3) is 0 Å². The van der Waals surface area contributed by atoms with Crippen molar-refractivity contribution in [1.29, 1.82) is 0 Å². The maximum atomic E-state index is 12.1. The zero-order valence-corrected chi connectivity index (χ0v) is 11.1. The molecule has 5 heteroatoms. The minimum atomic E-state index is -2.86. The molecule has 1 N–H and O–H groups in total. The SMILES string of the molecule is CC(C)=CC(=O)N[C@H](C)c1cccc(OC(F)F)c1. The number of ether oxygens (including phenoxy) is 1. The number of rotatable bonds is 5. The van der Waals surface area contributed by atoms with Crippen LogP contribution in [0.3, 0.4) is 0 Å². The standard InChI is InChI=1S/C14H17F2NO2/c1-9(2)7-13(18)17-10(3)11-5-4-6-12(8-11)19-14(15)16/h4-8,10,14H,1-3H3,(H,17,18)/t10-/m1/s1. The van der Waals surface area contributed by atoms with Gasteiger partial charge in [-0.1, -0.05) is 17.7 Å². The van der Waals surface area contributed by atoms with Gasteiger partial charge in [0.1, 0.15) is 5.75 Å². The van der Waals surface area contributed by atoms with Crippen molar-refractivity contribution >= 4 is 5.91 Å². The third-order valence-electron chi connectivity index (χ3n) is 2.36. The molecule has 3 nitrogen and oxygen atoms in total. The van der Waals surface area contributed by atoms with Gasteiger partial charge in [-0.3, -0.25) is 4.79 Å². The topological polar surface area (TPSA) is 38.3 Å². The number of nitrogens with one attached hydrogen (secondary N) is 1. The van der Waals surface area contributed by atoms with Gasteiger partial charge in [-0.15, -0.1) is 0 Å². The maximum absolute atomic E-state index is 12.1. The zero-order valence-electron chi connectivity index (χ0n) is 11.1. The van der Waals surface area contributed by atoms with E-state index in [4.69, 9.17) is 0 Å². The van der Waals surface area contributed by atoms with Crippen LogP contribution < -0.4 is 10.1 Å². The van der Waals surface area contributed by atoms with Crippen LogP contribution in [0.5, 0.6) is 5.75 Å². The fraction of sp³-hybridized carbons (Fsp3) is 0.357. The fourth-order valence-corrected chi connectivity index (χ4v) is 1.56. The molecule has 0 aliphatic heterocycles. The summed E-state index contributed by atoms with van der Waals surface area (Å²) < 4.78 is 28.5. The molecule has 1 aromatic rings. The van der Waals surface area contributed by atoms with E-state index in [1.165, 1.54) is 18.2 Å². The fourth-order valence-electron chi connectivity index (χ4n) is 1.56. The number of halogens is 2. The lowest BCUT2D eigenvalue weighted by Gasteiger charge is -2.14. The summed E-state index contributed by atoms with van der Waals surface area (Å²) in [6.45, 7) is 2.56. The summed E-state index contributed by atoms with van der Waals surface area (Å²) in [6, 6.07) is 5.99. The first-order valence-corrected chi connectivity index (χ1v) is 5.88. The number of hydrogen-bond acceptors (Lipinski definition) is 2. The molecule has 0 aromatic heterocycles. The smallest absolute Gasteiger partial charge is 0.387 e. The Morgan fingerprint density at radius 3 is 2.63 bits per heavy atom. The van der Waals surface area contributed by atoms with E-state index in [-0.39, 0.29) is 17.7 Å². The van der Waals surface area contributed by atoms with Crippen LogP contribution in [-0.4, -0.2) is 12.5 Å². The van der Waals surface area contributed by atoms with Crippen molar-refractivity contribution in [2.24, 2.45) is 0 Å². The Labute approximate surface area is 111 Å². The Morgan fingerprint density at radius 1 is 1.37 bits per heavy atom. The van der Waals surface area contributed by atoms with Gasteiger partial charge in [0.15, 0.2) is 0 Å². The second kappa shape index (κ2) is 6.87. The summed E-state index contributed by atoms with van der Waals surface area (Å²) in [5, 5.41) is 2.75. The van der Waals surface area contributed by atoms with Crippen LogP contribution in [0.25, 0.3) is 0 Å². The monoisotopic (exact) mass is 269 g/mol. The third-order valence-corrected chi connectivity index (χ3v) is 2.36. The molecule has 1 aromatic carbocycles. The largest absolute Gasteiger partial charge is 0.435 e. The molecular formula is C14H17F2NO2. The van der Waals surface area contributed by atoms with E-state index in [0.717, 1.165) is 5.57 Å². The van der Waals surface area contributed by atoms with Crippen molar-refractivity contribution in [3.8, 4) is 5.75 Å². The molecule has 0 radical (unpaired) electrons. The molecule has 1 amide bonds. The predicted molar refractivity (Wildman–Crippen MR) is 69.1 cm³/mol. The lowest BCUT2D eigenvalue weighted by atomic mass is 10.1. The Hall–Kier alpha value is -1.91. The number of carbonyl (C=O) groups excluding carboxylic acids is 1. The Kier molecular flexibility index (Phi) is 5.48. The molecule has 104 valence electrons.